The van der Waals surface area contributed by atoms with E-state index in [0.717, 1.165) is 11.5 Å². The van der Waals surface area contributed by atoms with E-state index in [9.17, 15) is 0 Å². The standard InChI is InChI=1S/C14H14S.C6H15N.6C3H4N2.5BrH.Hf.Re/c1-3-7-13(8-4-1)11-15-12-14-9-5-2-6-10-14;1-4-7(5-2)6-3;6*1-2-5-3-4-1;;;;;;;/h1-10H,11-12H2;4-6H2,1-3H3;6*1-3H,(H,4,5);5*1H;;/q;;;;;;;;;;;;;+4;/p-5. The SMILES string of the molecule is CCN(CC)CC.[Br-].[Br-].[Br-].[Br-].[Br-].[Hf+4].[Re].c1c[nH]cn1.c1c[nH]cn1.c1c[nH]cn1.c1c[nH]cn1.c1c[nH]cn1.c1c[nH]cn1.c1ccc(CSCc2ccccc2)cc1. The molecule has 0 saturated heterocycles. The van der Waals surface area contributed by atoms with Gasteiger partial charge in [0.1, 0.15) is 0 Å². The molecule has 8 aromatic rings. The zero-order chi connectivity index (χ0) is 37.3. The molecule has 21 heteroatoms. The first-order chi connectivity index (χ1) is 25.8. The fourth-order valence-electron chi connectivity index (χ4n) is 3.40. The molecule has 13 nitrogen and oxygen atoms in total. The van der Waals surface area contributed by atoms with Crippen molar-refractivity contribution in [1.29, 1.82) is 0 Å². The van der Waals surface area contributed by atoms with Crippen LogP contribution >= 0.6 is 11.8 Å². The van der Waals surface area contributed by atoms with Crippen LogP contribution in [0, 0.1) is 0 Å². The second-order valence-electron chi connectivity index (χ2n) is 9.65. The van der Waals surface area contributed by atoms with E-state index < -0.39 is 0 Å². The Morgan fingerprint density at radius 1 is 0.407 bits per heavy atom. The van der Waals surface area contributed by atoms with Gasteiger partial charge < -0.3 is 120 Å². The zero-order valence-corrected chi connectivity index (χ0v) is 48.1. The monoisotopic (exact) mass is 1480 g/mol. The van der Waals surface area contributed by atoms with Crippen LogP contribution in [0.1, 0.15) is 31.9 Å². The van der Waals surface area contributed by atoms with Crippen molar-refractivity contribution in [2.24, 2.45) is 0 Å². The van der Waals surface area contributed by atoms with Gasteiger partial charge in [0.2, 0.25) is 0 Å². The van der Waals surface area contributed by atoms with E-state index in [0.29, 0.717) is 0 Å². The summed E-state index contributed by atoms with van der Waals surface area (Å²) < 4.78 is 0. The summed E-state index contributed by atoms with van der Waals surface area (Å²) in [6.07, 6.45) is 30.5. The Bertz CT molecular complexity index is 1280. The first kappa shape index (κ1) is 71.4. The van der Waals surface area contributed by atoms with Gasteiger partial charge in [-0.15, -0.1) is 0 Å². The van der Waals surface area contributed by atoms with Gasteiger partial charge in [0.25, 0.3) is 0 Å². The summed E-state index contributed by atoms with van der Waals surface area (Å²) in [4.78, 5) is 40.9. The number of rotatable bonds is 7. The second kappa shape index (κ2) is 60.2. The van der Waals surface area contributed by atoms with Crippen LogP contribution in [0.15, 0.2) is 173 Å². The number of benzene rings is 2. The molecule has 0 saturated carbocycles. The molecule has 0 aliphatic heterocycles. The molecule has 0 fully saturated rings. The number of nitrogens with zero attached hydrogens (tertiary/aromatic N) is 7. The molecule has 2 aromatic carbocycles. The van der Waals surface area contributed by atoms with E-state index in [1.54, 1.807) is 112 Å². The Balaban J connectivity index is -0.000000108. The van der Waals surface area contributed by atoms with E-state index in [1.165, 1.54) is 30.8 Å². The minimum Gasteiger partial charge on any atom is -1.00 e. The maximum absolute atomic E-state index is 3.67. The van der Waals surface area contributed by atoms with Crippen molar-refractivity contribution < 1.29 is 131 Å². The minimum absolute atomic E-state index is 0. The van der Waals surface area contributed by atoms with Crippen LogP contribution in [-0.2, 0) is 57.8 Å². The van der Waals surface area contributed by atoms with Gasteiger partial charge >= 0.3 is 25.8 Å². The zero-order valence-electron chi connectivity index (χ0n) is 33.0. The Morgan fingerprint density at radius 2 is 0.627 bits per heavy atom. The topological polar surface area (TPSA) is 175 Å². The molecule has 0 spiro atoms. The number of imidazole rings is 6. The van der Waals surface area contributed by atoms with Crippen molar-refractivity contribution in [2.45, 2.75) is 32.3 Å². The molecule has 8 rings (SSSR count). The van der Waals surface area contributed by atoms with Crippen LogP contribution in [0.3, 0.4) is 0 Å². The van der Waals surface area contributed by atoms with E-state index in [1.807, 2.05) is 11.8 Å². The molecule has 6 aromatic heterocycles. The number of hydrogen-bond acceptors (Lipinski definition) is 8. The summed E-state index contributed by atoms with van der Waals surface area (Å²) >= 11 is 1.96. The van der Waals surface area contributed by atoms with Gasteiger partial charge in [0, 0.05) is 106 Å². The number of H-pyrrole nitrogens is 6. The van der Waals surface area contributed by atoms with Crippen molar-refractivity contribution in [3.05, 3.63) is 184 Å². The van der Waals surface area contributed by atoms with E-state index >= 15 is 0 Å². The summed E-state index contributed by atoms with van der Waals surface area (Å²) in [7, 11) is 0. The molecule has 6 heterocycles. The van der Waals surface area contributed by atoms with Crippen molar-refractivity contribution in [3.63, 3.8) is 0 Å². The largest absolute Gasteiger partial charge is 4.00 e. The van der Waals surface area contributed by atoms with Crippen LogP contribution in [0.25, 0.3) is 0 Å². The third kappa shape index (κ3) is 52.0. The van der Waals surface area contributed by atoms with Crippen LogP contribution in [0.4, 0.5) is 0 Å². The van der Waals surface area contributed by atoms with Crippen LogP contribution in [0.5, 0.6) is 0 Å². The third-order valence-corrected chi connectivity index (χ3v) is 7.08. The fraction of sp³-hybridized carbons (Fsp3) is 0.211. The molecule has 0 unspecified atom stereocenters. The quantitative estimate of drug-likeness (QED) is 0.0856. The Hall–Kier alpha value is -2.06. The molecule has 0 atom stereocenters. The average Bonchev–Trinajstić information content (AvgIpc) is 4.07. The number of aromatic nitrogens is 12. The van der Waals surface area contributed by atoms with Gasteiger partial charge in [0.15, 0.2) is 0 Å². The smallest absolute Gasteiger partial charge is 1.00 e. The fourth-order valence-corrected chi connectivity index (χ4v) is 4.36. The second-order valence-corrected chi connectivity index (χ2v) is 10.6. The number of hydrogen-bond donors (Lipinski definition) is 6. The van der Waals surface area contributed by atoms with Gasteiger partial charge in [-0.3, -0.25) is 0 Å². The average molecular weight is 1490 g/mol. The van der Waals surface area contributed by atoms with E-state index in [4.69, 9.17) is 0 Å². The molecule has 0 aliphatic rings. The molecular weight excluding hydrogens is 1430 g/mol. The minimum atomic E-state index is 0. The maximum atomic E-state index is 3.67. The molecule has 1 radical (unpaired) electrons. The molecular formula is C38H53Br5HfN13ReS-. The van der Waals surface area contributed by atoms with Gasteiger partial charge in [-0.05, 0) is 30.8 Å². The third-order valence-electron chi connectivity index (χ3n) is 6.00. The molecule has 0 bridgehead atoms. The first-order valence-corrected chi connectivity index (χ1v) is 17.9. The first-order valence-electron chi connectivity index (χ1n) is 16.7. The van der Waals surface area contributed by atoms with Crippen molar-refractivity contribution in [1.82, 2.24) is 64.7 Å². The van der Waals surface area contributed by atoms with Crippen LogP contribution < -0.4 is 84.9 Å². The van der Waals surface area contributed by atoms with E-state index in [2.05, 4.69) is 146 Å². The molecule has 6 N–H and O–H groups in total. The number of aromatic amines is 6. The Morgan fingerprint density at radius 3 is 0.746 bits per heavy atom. The molecule has 0 amide bonds. The van der Waals surface area contributed by atoms with Crippen molar-refractivity contribution >= 4 is 11.8 Å². The van der Waals surface area contributed by atoms with Gasteiger partial charge in [-0.2, -0.15) is 11.8 Å². The molecule has 0 aliphatic carbocycles. The number of nitrogens with one attached hydrogen (secondary N) is 6. The molecule has 59 heavy (non-hydrogen) atoms. The van der Waals surface area contributed by atoms with Crippen LogP contribution in [-0.4, -0.2) is 84.3 Å². The summed E-state index contributed by atoms with van der Waals surface area (Å²) in [6.45, 7) is 10.1. The predicted molar refractivity (Wildman–Crippen MR) is 213 cm³/mol. The summed E-state index contributed by atoms with van der Waals surface area (Å²) in [5.74, 6) is 2.19. The van der Waals surface area contributed by atoms with Crippen molar-refractivity contribution in [2.75, 3.05) is 19.6 Å². The van der Waals surface area contributed by atoms with Gasteiger partial charge in [-0.1, -0.05) is 81.4 Å². The normalized spacial score (nSPS) is 7.86. The Kier molecular flexibility index (Phi) is 73.0. The summed E-state index contributed by atoms with van der Waals surface area (Å²) in [6, 6.07) is 21.2. The van der Waals surface area contributed by atoms with Gasteiger partial charge in [-0.25, -0.2) is 29.9 Å². The summed E-state index contributed by atoms with van der Waals surface area (Å²) in [5, 5.41) is 0. The molecule has 323 valence electrons. The van der Waals surface area contributed by atoms with Crippen LogP contribution in [0.2, 0.25) is 0 Å². The van der Waals surface area contributed by atoms with Gasteiger partial charge in [0.05, 0.1) is 38.0 Å². The summed E-state index contributed by atoms with van der Waals surface area (Å²) in [5.41, 5.74) is 2.80. The van der Waals surface area contributed by atoms with Crippen molar-refractivity contribution in [3.8, 4) is 0 Å². The number of halogens is 5. The van der Waals surface area contributed by atoms with E-state index in [-0.39, 0.29) is 131 Å². The number of thioether (sulfide) groups is 1. The Labute approximate surface area is 438 Å². The predicted octanol–water partition coefficient (Wildman–Crippen LogP) is -7.06. The maximum Gasteiger partial charge on any atom is 4.00 e.